The molecule has 0 aliphatic heterocycles. The molecule has 7 heteroatoms. The number of rotatable bonds is 3. The zero-order chi connectivity index (χ0) is 13.8. The highest BCUT2D eigenvalue weighted by Gasteiger charge is 2.26. The Kier molecular flexibility index (Phi) is 4.96. The number of methoxy groups -OCH3 is 1. The van der Waals surface area contributed by atoms with Crippen molar-refractivity contribution in [2.24, 2.45) is 0 Å². The monoisotopic (exact) mass is 304 g/mol. The van der Waals surface area contributed by atoms with Crippen LogP contribution in [-0.2, 0) is 9.47 Å². The van der Waals surface area contributed by atoms with Gasteiger partial charge in [0.15, 0.2) is 10.3 Å². The van der Waals surface area contributed by atoms with Crippen molar-refractivity contribution in [1.29, 1.82) is 0 Å². The van der Waals surface area contributed by atoms with Crippen LogP contribution < -0.4 is 0 Å². The molecular weight excluding hydrogens is 291 g/mol. The van der Waals surface area contributed by atoms with E-state index in [1.807, 2.05) is 0 Å². The summed E-state index contributed by atoms with van der Waals surface area (Å²) in [7, 11) is 1.66. The van der Waals surface area contributed by atoms with E-state index in [0.29, 0.717) is 6.42 Å². The minimum atomic E-state index is -0.524. The van der Waals surface area contributed by atoms with Crippen LogP contribution in [0.25, 0.3) is 0 Å². The molecule has 104 valence electrons. The average Bonchev–Trinajstić information content (AvgIpc) is 2.41. The number of aromatic nitrogens is 2. The molecule has 2 rings (SSSR count). The third kappa shape index (κ3) is 3.78. The van der Waals surface area contributed by atoms with Gasteiger partial charge in [0.2, 0.25) is 0 Å². The first-order valence-electron chi connectivity index (χ1n) is 6.02. The molecule has 1 aliphatic rings. The number of halogens is 2. The summed E-state index contributed by atoms with van der Waals surface area (Å²) in [5.74, 6) is -0.524. The highest BCUT2D eigenvalue weighted by atomic mass is 35.5. The van der Waals surface area contributed by atoms with Gasteiger partial charge in [0, 0.05) is 13.5 Å². The maximum Gasteiger partial charge on any atom is 0.341 e. The highest BCUT2D eigenvalue weighted by Crippen LogP contribution is 2.25. The van der Waals surface area contributed by atoms with Crippen molar-refractivity contribution in [2.75, 3.05) is 7.11 Å². The lowest BCUT2D eigenvalue weighted by molar-refractivity contribution is -0.0149. The van der Waals surface area contributed by atoms with Crippen LogP contribution in [0.15, 0.2) is 6.07 Å². The summed E-state index contributed by atoms with van der Waals surface area (Å²) in [6.07, 6.45) is 3.48. The molecule has 1 aromatic heterocycles. The second kappa shape index (κ2) is 6.50. The Balaban J connectivity index is 2.02. The second-order valence-corrected chi connectivity index (χ2v) is 5.17. The van der Waals surface area contributed by atoms with Crippen LogP contribution in [0.1, 0.15) is 36.0 Å². The Morgan fingerprint density at radius 3 is 2.79 bits per heavy atom. The van der Waals surface area contributed by atoms with Gasteiger partial charge in [-0.15, -0.1) is 10.2 Å². The number of ether oxygens (including phenoxy) is 2. The van der Waals surface area contributed by atoms with Gasteiger partial charge in [-0.25, -0.2) is 4.79 Å². The Hall–Kier alpha value is -0.910. The van der Waals surface area contributed by atoms with Gasteiger partial charge in [0.1, 0.15) is 11.7 Å². The maximum absolute atomic E-state index is 12.0. The minimum Gasteiger partial charge on any atom is -0.459 e. The van der Waals surface area contributed by atoms with Gasteiger partial charge in [-0.05, 0) is 25.3 Å². The Labute approximate surface area is 121 Å². The molecular formula is C12H14Cl2N2O3. The van der Waals surface area contributed by atoms with Crippen molar-refractivity contribution in [3.8, 4) is 0 Å². The Morgan fingerprint density at radius 2 is 2.05 bits per heavy atom. The van der Waals surface area contributed by atoms with Gasteiger partial charge in [-0.1, -0.05) is 23.2 Å². The lowest BCUT2D eigenvalue weighted by Crippen LogP contribution is -2.29. The molecule has 0 bridgehead atoms. The topological polar surface area (TPSA) is 61.3 Å². The van der Waals surface area contributed by atoms with Crippen molar-refractivity contribution >= 4 is 29.2 Å². The van der Waals surface area contributed by atoms with Crippen LogP contribution in [0.2, 0.25) is 10.3 Å². The van der Waals surface area contributed by atoms with Crippen LogP contribution >= 0.6 is 23.2 Å². The molecule has 2 atom stereocenters. The number of hydrogen-bond donors (Lipinski definition) is 0. The van der Waals surface area contributed by atoms with Crippen LogP contribution in [-0.4, -0.2) is 35.5 Å². The van der Waals surface area contributed by atoms with Gasteiger partial charge in [-0.2, -0.15) is 0 Å². The third-order valence-corrected chi connectivity index (χ3v) is 3.59. The van der Waals surface area contributed by atoms with Crippen molar-refractivity contribution < 1.29 is 14.3 Å². The van der Waals surface area contributed by atoms with Crippen LogP contribution in [0.5, 0.6) is 0 Å². The smallest absolute Gasteiger partial charge is 0.341 e. The molecule has 1 saturated carbocycles. The van der Waals surface area contributed by atoms with Crippen molar-refractivity contribution in [1.82, 2.24) is 10.2 Å². The van der Waals surface area contributed by atoms with E-state index in [2.05, 4.69) is 10.2 Å². The second-order valence-electron chi connectivity index (χ2n) is 4.42. The fourth-order valence-corrected chi connectivity index (χ4v) is 2.45. The molecule has 1 aliphatic carbocycles. The lowest BCUT2D eigenvalue weighted by Gasteiger charge is -2.27. The summed E-state index contributed by atoms with van der Waals surface area (Å²) in [5, 5.41) is 7.23. The number of nitrogens with zero attached hydrogens (tertiary/aromatic N) is 2. The van der Waals surface area contributed by atoms with Crippen molar-refractivity contribution in [3.05, 3.63) is 21.9 Å². The molecule has 0 amide bonds. The van der Waals surface area contributed by atoms with Gasteiger partial charge >= 0.3 is 5.97 Å². The number of esters is 1. The van der Waals surface area contributed by atoms with E-state index in [-0.39, 0.29) is 28.1 Å². The van der Waals surface area contributed by atoms with Crippen molar-refractivity contribution in [3.63, 3.8) is 0 Å². The molecule has 0 radical (unpaired) electrons. The zero-order valence-electron chi connectivity index (χ0n) is 10.4. The Morgan fingerprint density at radius 1 is 1.32 bits per heavy atom. The van der Waals surface area contributed by atoms with E-state index in [9.17, 15) is 4.79 Å². The highest BCUT2D eigenvalue weighted by molar-refractivity contribution is 6.33. The molecule has 0 aromatic carbocycles. The molecule has 0 N–H and O–H groups in total. The SMILES string of the molecule is COC1CCCC(OC(=O)c2cc(Cl)nnc2Cl)C1. The lowest BCUT2D eigenvalue weighted by atomic mass is 9.95. The largest absolute Gasteiger partial charge is 0.459 e. The van der Waals surface area contributed by atoms with Gasteiger partial charge < -0.3 is 9.47 Å². The Bertz CT molecular complexity index is 470. The van der Waals surface area contributed by atoms with Gasteiger partial charge in [-0.3, -0.25) is 0 Å². The fraction of sp³-hybridized carbons (Fsp3) is 0.583. The summed E-state index contributed by atoms with van der Waals surface area (Å²) in [6.45, 7) is 0. The molecule has 0 spiro atoms. The molecule has 0 saturated heterocycles. The fourth-order valence-electron chi connectivity index (χ4n) is 2.13. The first kappa shape index (κ1) is 14.5. The molecule has 5 nitrogen and oxygen atoms in total. The predicted molar refractivity (Wildman–Crippen MR) is 70.5 cm³/mol. The van der Waals surface area contributed by atoms with E-state index in [0.717, 1.165) is 19.3 Å². The van der Waals surface area contributed by atoms with Crippen molar-refractivity contribution in [2.45, 2.75) is 37.9 Å². The third-order valence-electron chi connectivity index (χ3n) is 3.12. The maximum atomic E-state index is 12.0. The first-order valence-corrected chi connectivity index (χ1v) is 6.78. The van der Waals surface area contributed by atoms with E-state index >= 15 is 0 Å². The van der Waals surface area contributed by atoms with Gasteiger partial charge in [0.25, 0.3) is 0 Å². The standard InChI is InChI=1S/C12H14Cl2N2O3/c1-18-7-3-2-4-8(5-7)19-12(17)9-6-10(13)15-16-11(9)14/h6-8H,2-5H2,1H3. The summed E-state index contributed by atoms with van der Waals surface area (Å²) in [5.41, 5.74) is 0.140. The van der Waals surface area contributed by atoms with E-state index in [4.69, 9.17) is 32.7 Å². The molecule has 1 aromatic rings. The van der Waals surface area contributed by atoms with E-state index in [1.54, 1.807) is 7.11 Å². The molecule has 1 heterocycles. The zero-order valence-corrected chi connectivity index (χ0v) is 11.9. The minimum absolute atomic E-state index is 0.00602. The van der Waals surface area contributed by atoms with Crippen LogP contribution in [0.3, 0.4) is 0 Å². The van der Waals surface area contributed by atoms with Crippen LogP contribution in [0.4, 0.5) is 0 Å². The molecule has 2 unspecified atom stereocenters. The predicted octanol–water partition coefficient (Wildman–Crippen LogP) is 2.90. The van der Waals surface area contributed by atoms with E-state index < -0.39 is 5.97 Å². The first-order chi connectivity index (χ1) is 9.10. The summed E-state index contributed by atoms with van der Waals surface area (Å²) in [6, 6.07) is 1.36. The normalized spacial score (nSPS) is 23.1. The molecule has 1 fully saturated rings. The number of carbonyl (C=O) groups excluding carboxylic acids is 1. The van der Waals surface area contributed by atoms with E-state index in [1.165, 1.54) is 6.07 Å². The summed E-state index contributed by atoms with van der Waals surface area (Å²) < 4.78 is 10.7. The summed E-state index contributed by atoms with van der Waals surface area (Å²) in [4.78, 5) is 12.0. The average molecular weight is 305 g/mol. The van der Waals surface area contributed by atoms with Gasteiger partial charge in [0.05, 0.1) is 6.10 Å². The summed E-state index contributed by atoms with van der Waals surface area (Å²) >= 11 is 11.5. The molecule has 19 heavy (non-hydrogen) atoms. The quantitative estimate of drug-likeness (QED) is 0.804. The number of hydrogen-bond acceptors (Lipinski definition) is 5. The number of carbonyl (C=O) groups is 1. The van der Waals surface area contributed by atoms with Crippen LogP contribution in [0, 0.1) is 0 Å².